The summed E-state index contributed by atoms with van der Waals surface area (Å²) in [5.41, 5.74) is 16.9. The number of fused-ring (bicyclic) bond motifs is 18. The van der Waals surface area contributed by atoms with Crippen LogP contribution < -0.4 is 25.9 Å². The zero-order valence-electron chi connectivity index (χ0n) is 39.2. The fourth-order valence-electron chi connectivity index (χ4n) is 13.0. The minimum Gasteiger partial charge on any atom is -0.458 e. The Bertz CT molecular complexity index is 4850. The lowest BCUT2D eigenvalue weighted by Crippen LogP contribution is -2.57. The van der Waals surface area contributed by atoms with Crippen molar-refractivity contribution in [3.63, 3.8) is 0 Å². The van der Waals surface area contributed by atoms with Gasteiger partial charge in [0, 0.05) is 77.7 Å². The van der Waals surface area contributed by atoms with Crippen LogP contribution in [0, 0.1) is 0 Å². The number of nitrogens with zero attached hydrogens (tertiary/aromatic N) is 4. The summed E-state index contributed by atoms with van der Waals surface area (Å²) in [6, 6.07) is 85.6. The minimum atomic E-state index is -0.132. The normalized spacial score (nSPS) is 12.8. The highest BCUT2D eigenvalue weighted by atomic mass is 16.5. The van der Waals surface area contributed by atoms with Gasteiger partial charge >= 0.3 is 0 Å². The van der Waals surface area contributed by atoms with Gasteiger partial charge < -0.3 is 27.7 Å². The predicted octanol–water partition coefficient (Wildman–Crippen LogP) is 14.8. The molecule has 0 saturated carbocycles. The van der Waals surface area contributed by atoms with Gasteiger partial charge in [0.25, 0.3) is 6.71 Å². The Balaban J connectivity index is 0.882. The lowest BCUT2D eigenvalue weighted by atomic mass is 9.35. The molecule has 0 unspecified atom stereocenters. The van der Waals surface area contributed by atoms with Crippen molar-refractivity contribution < 1.29 is 9.47 Å². The van der Waals surface area contributed by atoms with Gasteiger partial charge in [0.15, 0.2) is 0 Å². The van der Waals surface area contributed by atoms with E-state index < -0.39 is 0 Å². The molecule has 0 atom stereocenters. The highest BCUT2D eigenvalue weighted by Gasteiger charge is 2.41. The average molecular weight is 931 g/mol. The van der Waals surface area contributed by atoms with E-state index in [1.807, 2.05) is 0 Å². The maximum absolute atomic E-state index is 7.18. The fraction of sp³-hybridized carbons (Fsp3) is 0. The summed E-state index contributed by atoms with van der Waals surface area (Å²) in [5.74, 6) is 3.28. The highest BCUT2D eigenvalue weighted by molar-refractivity contribution is 6.98. The van der Waals surface area contributed by atoms with Gasteiger partial charge in [-0.3, -0.25) is 0 Å². The van der Waals surface area contributed by atoms with Crippen molar-refractivity contribution in [3.05, 3.63) is 237 Å². The van der Waals surface area contributed by atoms with Crippen LogP contribution in [0.4, 0.5) is 0 Å². The van der Waals surface area contributed by atoms with E-state index in [4.69, 9.17) is 9.47 Å². The maximum atomic E-state index is 7.18. The first-order chi connectivity index (χ1) is 36.2. The van der Waals surface area contributed by atoms with Crippen molar-refractivity contribution in [2.45, 2.75) is 0 Å². The van der Waals surface area contributed by atoms with E-state index >= 15 is 0 Å². The third-order valence-electron chi connectivity index (χ3n) is 15.8. The molecule has 73 heavy (non-hydrogen) atoms. The van der Waals surface area contributed by atoms with Crippen molar-refractivity contribution in [3.8, 4) is 45.7 Å². The summed E-state index contributed by atoms with van der Waals surface area (Å²) in [6.07, 6.45) is 0. The van der Waals surface area contributed by atoms with Gasteiger partial charge in [-0.15, -0.1) is 0 Å². The van der Waals surface area contributed by atoms with Crippen molar-refractivity contribution >= 4 is 110 Å². The van der Waals surface area contributed by atoms with E-state index in [0.717, 1.165) is 84.2 Å². The first kappa shape index (κ1) is 39.1. The number of benzene rings is 11. The number of aromatic nitrogens is 4. The average Bonchev–Trinajstić information content (AvgIpc) is 4.18. The molecule has 0 bridgehead atoms. The van der Waals surface area contributed by atoms with Gasteiger partial charge in [0.1, 0.15) is 23.0 Å². The quantitative estimate of drug-likeness (QED) is 0.165. The number of hydrogen-bond acceptors (Lipinski definition) is 2. The lowest BCUT2D eigenvalue weighted by molar-refractivity contribution is 0.464. The SMILES string of the molecule is c1ccc(-n2c3ccccc3c3ccc4c(c5ccccc5n4-c4cc5c6c(c4)Oc4ccc(-n7c8ccccc8c8c7ccc7c9ccccc9n(-c9ccccc9)c78)cc4B6c4ccccc4O5)c32)cc1. The molecule has 11 aromatic carbocycles. The number of rotatable bonds is 4. The van der Waals surface area contributed by atoms with Crippen LogP contribution in [-0.2, 0) is 0 Å². The van der Waals surface area contributed by atoms with Crippen LogP contribution in [0.15, 0.2) is 237 Å². The molecule has 338 valence electrons. The van der Waals surface area contributed by atoms with Gasteiger partial charge in [-0.1, -0.05) is 140 Å². The predicted molar refractivity (Wildman–Crippen MR) is 301 cm³/mol. The Kier molecular flexibility index (Phi) is 7.73. The second-order valence-corrected chi connectivity index (χ2v) is 19.5. The first-order valence-corrected chi connectivity index (χ1v) is 25.0. The van der Waals surface area contributed by atoms with Crippen molar-refractivity contribution in [2.75, 3.05) is 0 Å². The smallest absolute Gasteiger partial charge is 0.260 e. The molecule has 17 rings (SSSR count). The molecule has 0 spiro atoms. The monoisotopic (exact) mass is 930 g/mol. The molecular weight excluding hydrogens is 892 g/mol. The van der Waals surface area contributed by atoms with Crippen molar-refractivity contribution in [1.29, 1.82) is 0 Å². The molecule has 15 aromatic rings. The second kappa shape index (κ2) is 14.4. The third-order valence-corrected chi connectivity index (χ3v) is 15.8. The molecule has 6 heterocycles. The van der Waals surface area contributed by atoms with E-state index in [-0.39, 0.29) is 6.71 Å². The maximum Gasteiger partial charge on any atom is 0.260 e. The Morgan fingerprint density at radius 2 is 0.699 bits per heavy atom. The van der Waals surface area contributed by atoms with E-state index in [9.17, 15) is 0 Å². The molecule has 6 nitrogen and oxygen atoms in total. The molecule has 0 aliphatic carbocycles. The topological polar surface area (TPSA) is 38.2 Å². The molecule has 0 radical (unpaired) electrons. The molecule has 0 saturated heterocycles. The van der Waals surface area contributed by atoms with Crippen molar-refractivity contribution in [1.82, 2.24) is 18.3 Å². The summed E-state index contributed by atoms with van der Waals surface area (Å²) in [6.45, 7) is -0.132. The molecule has 0 fully saturated rings. The van der Waals surface area contributed by atoms with E-state index in [1.165, 1.54) is 65.2 Å². The molecule has 2 aliphatic rings. The summed E-state index contributed by atoms with van der Waals surface area (Å²) < 4.78 is 23.9. The lowest BCUT2D eigenvalue weighted by Gasteiger charge is -2.33. The van der Waals surface area contributed by atoms with Crippen LogP contribution in [0.5, 0.6) is 23.0 Å². The van der Waals surface area contributed by atoms with Crippen molar-refractivity contribution in [2.24, 2.45) is 0 Å². The van der Waals surface area contributed by atoms with E-state index in [1.54, 1.807) is 0 Å². The van der Waals surface area contributed by atoms with Crippen LogP contribution in [-0.4, -0.2) is 25.0 Å². The summed E-state index contributed by atoms with van der Waals surface area (Å²) in [7, 11) is 0. The number of para-hydroxylation sites is 7. The Hall–Kier alpha value is -9.72. The van der Waals surface area contributed by atoms with Gasteiger partial charge in [0.2, 0.25) is 0 Å². The first-order valence-electron chi connectivity index (χ1n) is 25.0. The molecular formula is C66H39BN4O2. The second-order valence-electron chi connectivity index (χ2n) is 19.5. The molecule has 2 aliphatic heterocycles. The zero-order valence-corrected chi connectivity index (χ0v) is 39.2. The van der Waals surface area contributed by atoms with Gasteiger partial charge in [-0.25, -0.2) is 0 Å². The standard InChI is InChI=1S/C66H39BN4O2/c1-3-17-40(18-4-1)70-52-26-12-7-21-44(52)46-32-34-56-62(65(46)70)48-23-9-14-28-54(48)68(56)42-31-36-59-51(37-42)67-50-25-11-16-30-58(50)72-60-38-43(39-61(73-59)64(60)67)69-55-29-15-10-24-49(55)63-57(69)35-33-47-45-22-8-13-27-53(45)71(66(47)63)41-19-5-2-6-20-41/h1-39H. The summed E-state index contributed by atoms with van der Waals surface area (Å²) in [4.78, 5) is 0. The highest BCUT2D eigenvalue weighted by Crippen LogP contribution is 2.46. The van der Waals surface area contributed by atoms with E-state index in [0.29, 0.717) is 0 Å². The van der Waals surface area contributed by atoms with Crippen LogP contribution in [0.2, 0.25) is 0 Å². The van der Waals surface area contributed by atoms with Gasteiger partial charge in [-0.2, -0.15) is 0 Å². The minimum absolute atomic E-state index is 0.132. The zero-order chi connectivity index (χ0) is 47.5. The van der Waals surface area contributed by atoms with Crippen LogP contribution in [0.3, 0.4) is 0 Å². The Morgan fingerprint density at radius 3 is 1.25 bits per heavy atom. The molecule has 4 aromatic heterocycles. The van der Waals surface area contributed by atoms with Gasteiger partial charge in [0.05, 0.1) is 49.8 Å². The van der Waals surface area contributed by atoms with Gasteiger partial charge in [-0.05, 0) is 95.9 Å². The fourth-order valence-corrected chi connectivity index (χ4v) is 13.0. The molecule has 0 N–H and O–H groups in total. The third kappa shape index (κ3) is 5.22. The van der Waals surface area contributed by atoms with Crippen LogP contribution >= 0.6 is 0 Å². The van der Waals surface area contributed by atoms with Crippen LogP contribution in [0.25, 0.3) is 110 Å². The summed E-state index contributed by atoms with van der Waals surface area (Å²) in [5, 5.41) is 9.76. The number of hydrogen-bond donors (Lipinski definition) is 0. The largest absolute Gasteiger partial charge is 0.458 e. The molecule has 7 heteroatoms. The van der Waals surface area contributed by atoms with Crippen LogP contribution in [0.1, 0.15) is 0 Å². The Labute approximate surface area is 418 Å². The molecule has 0 amide bonds. The Morgan fingerprint density at radius 1 is 0.260 bits per heavy atom. The summed E-state index contributed by atoms with van der Waals surface area (Å²) >= 11 is 0. The number of ether oxygens (including phenoxy) is 2. The van der Waals surface area contributed by atoms with E-state index in [2.05, 4.69) is 255 Å².